The van der Waals surface area contributed by atoms with Gasteiger partial charge < -0.3 is 100.0 Å². The summed E-state index contributed by atoms with van der Waals surface area (Å²) in [7, 11) is -5.14. The average Bonchev–Trinajstić information content (AvgIpc) is 1.19. The molecule has 0 heterocycles. The fourth-order valence-corrected chi connectivity index (χ4v) is 0. The molecule has 0 aromatic carbocycles. The molecular weight excluding hydrogens is 416 g/mol. The van der Waals surface area contributed by atoms with E-state index in [-0.39, 0.29) is 154 Å². The first-order chi connectivity index (χ1) is 3.73. The van der Waals surface area contributed by atoms with Crippen molar-refractivity contribution >= 4 is 14.0 Å². The quantitative estimate of drug-likeness (QED) is 0.269. The number of carbonyl (C=O) groups is 1. The minimum absolute atomic E-state index is 0. The molecule has 24 heavy (non-hydrogen) atoms. The van der Waals surface area contributed by atoms with E-state index in [1.165, 1.54) is 0 Å². The third-order valence-corrected chi connectivity index (χ3v) is 0. The maximum atomic E-state index is 8.66. The standard InChI is InChI=1S/CH2O3.3Na.H3O4P.12H2O/c2-1(3)4;;;;1-5(2,3)4;;;;;;;;;;;;/h(H2,2,3,4);;;;(H3,1,2,3,4);12*1H2/q;3*+1;;;;;;;;;;;;;/p-3. The van der Waals surface area contributed by atoms with Gasteiger partial charge in [-0.25, -0.2) is 0 Å². The SMILES string of the molecule is O.O.O.O.O.O.O.O.O.O.O.O.O=C([O-])O.O=P([O-])([O-])O.[Na+].[Na+].[Na+]. The Labute approximate surface area is 200 Å². The second kappa shape index (κ2) is 120. The average molecular weight is 442 g/mol. The molecule has 0 aliphatic rings. The molecule has 0 aromatic rings. The number of phosphoric acid groups is 1. The van der Waals surface area contributed by atoms with Crippen molar-refractivity contribution in [1.82, 2.24) is 0 Å². The number of hydrogen-bond acceptors (Lipinski definition) is 5. The fraction of sp³-hybridized carbons (Fsp3) is 0. The Balaban J connectivity index is -0.00000000168. The van der Waals surface area contributed by atoms with Crippen molar-refractivity contribution in [3.05, 3.63) is 0 Å². The molecule has 19 nitrogen and oxygen atoms in total. The van der Waals surface area contributed by atoms with Gasteiger partial charge in [-0.3, -0.25) is 0 Å². The van der Waals surface area contributed by atoms with Crippen LogP contribution in [0.2, 0.25) is 0 Å². The van der Waals surface area contributed by atoms with Crippen LogP contribution in [0, 0.1) is 0 Å². The van der Waals surface area contributed by atoms with E-state index in [4.69, 9.17) is 34.3 Å². The van der Waals surface area contributed by atoms with Crippen LogP contribution in [0.3, 0.4) is 0 Å². The van der Waals surface area contributed by atoms with Gasteiger partial charge in [0.2, 0.25) is 6.16 Å². The van der Waals surface area contributed by atoms with Crippen molar-refractivity contribution in [2.45, 2.75) is 0 Å². The van der Waals surface area contributed by atoms with E-state index in [1.54, 1.807) is 0 Å². The van der Waals surface area contributed by atoms with E-state index < -0.39 is 14.0 Å². The van der Waals surface area contributed by atoms with Gasteiger partial charge >= 0.3 is 88.7 Å². The largest absolute Gasteiger partial charge is 1.00 e. The molecule has 0 saturated carbocycles. The van der Waals surface area contributed by atoms with Crippen LogP contribution in [0.5, 0.6) is 0 Å². The predicted octanol–water partition coefficient (Wildman–Crippen LogP) is -22.2. The van der Waals surface area contributed by atoms with Crippen LogP contribution in [0.25, 0.3) is 0 Å². The minimum atomic E-state index is -5.14. The third-order valence-electron chi connectivity index (χ3n) is 0. The Bertz CT molecular complexity index is 124. The molecule has 0 unspecified atom stereocenters. The van der Waals surface area contributed by atoms with E-state index in [0.717, 1.165) is 0 Å². The van der Waals surface area contributed by atoms with Gasteiger partial charge in [0.05, 0.1) is 7.82 Å². The Hall–Kier alpha value is 1.90. The summed E-state index contributed by atoms with van der Waals surface area (Å²) in [6.45, 7) is 0. The summed E-state index contributed by atoms with van der Waals surface area (Å²) in [4.78, 5) is 32.7. The van der Waals surface area contributed by atoms with Crippen LogP contribution in [-0.4, -0.2) is 81.9 Å². The van der Waals surface area contributed by atoms with Gasteiger partial charge in [0.1, 0.15) is 0 Å². The molecule has 0 radical (unpaired) electrons. The van der Waals surface area contributed by atoms with Gasteiger partial charge in [-0.2, -0.15) is 0 Å². The van der Waals surface area contributed by atoms with Crippen LogP contribution >= 0.6 is 7.82 Å². The monoisotopic (exact) mass is 442 g/mol. The first-order valence-electron chi connectivity index (χ1n) is 1.38. The Morgan fingerprint density at radius 2 is 0.625 bits per heavy atom. The zero-order chi connectivity index (χ0) is 8.08. The Morgan fingerprint density at radius 3 is 0.625 bits per heavy atom. The van der Waals surface area contributed by atoms with Crippen molar-refractivity contribution in [2.24, 2.45) is 0 Å². The van der Waals surface area contributed by atoms with E-state index >= 15 is 0 Å². The van der Waals surface area contributed by atoms with E-state index in [9.17, 15) is 0 Å². The predicted molar refractivity (Wildman–Crippen MR) is 61.2 cm³/mol. The van der Waals surface area contributed by atoms with Gasteiger partial charge in [-0.1, -0.05) is 0 Å². The van der Waals surface area contributed by atoms with Crippen molar-refractivity contribution in [3.8, 4) is 0 Å². The summed E-state index contributed by atoms with van der Waals surface area (Å²) in [6, 6.07) is 0. The van der Waals surface area contributed by atoms with Gasteiger partial charge in [-0.15, -0.1) is 0 Å². The molecule has 0 bridgehead atoms. The van der Waals surface area contributed by atoms with E-state index in [0.29, 0.717) is 0 Å². The molecule has 152 valence electrons. The van der Waals surface area contributed by atoms with E-state index in [2.05, 4.69) is 0 Å². The maximum absolute atomic E-state index is 8.66. The second-order valence-electron chi connectivity index (χ2n) is 0.734. The topological polar surface area (TPSA) is 522 Å². The van der Waals surface area contributed by atoms with Crippen LogP contribution < -0.4 is 104 Å². The van der Waals surface area contributed by atoms with Crippen LogP contribution in [0.15, 0.2) is 0 Å². The summed E-state index contributed by atoms with van der Waals surface area (Å²) in [6.07, 6.45) is -2.08. The first-order valence-corrected chi connectivity index (χ1v) is 2.88. The zero-order valence-electron chi connectivity index (χ0n) is 12.9. The molecule has 0 amide bonds. The van der Waals surface area contributed by atoms with Gasteiger partial charge in [0.15, 0.2) is 0 Å². The molecule has 0 aliphatic carbocycles. The molecule has 0 spiro atoms. The fourth-order valence-electron chi connectivity index (χ4n) is 0. The number of rotatable bonds is 0. The van der Waals surface area contributed by atoms with Crippen molar-refractivity contribution in [3.63, 3.8) is 0 Å². The maximum Gasteiger partial charge on any atom is 1.00 e. The summed E-state index contributed by atoms with van der Waals surface area (Å²) in [5, 5.41) is 15.3. The molecule has 0 aromatic heterocycles. The van der Waals surface area contributed by atoms with Gasteiger partial charge in [-0.05, 0) is 0 Å². The number of hydrogen-bond donors (Lipinski definition) is 2. The summed E-state index contributed by atoms with van der Waals surface area (Å²) in [5.74, 6) is 0. The molecular formula is CH26Na3O19P. The minimum Gasteiger partial charge on any atom is -0.790 e. The first kappa shape index (κ1) is 203. The Kier molecular flexibility index (Phi) is 1010. The normalized spacial score (nSPS) is 3.46. The third kappa shape index (κ3) is 3470. The van der Waals surface area contributed by atoms with E-state index in [1.807, 2.05) is 0 Å². The molecule has 0 atom stereocenters. The summed E-state index contributed by atoms with van der Waals surface area (Å²) in [5.41, 5.74) is 0. The molecule has 0 fully saturated rings. The zero-order valence-corrected chi connectivity index (χ0v) is 19.8. The summed E-state index contributed by atoms with van der Waals surface area (Å²) >= 11 is 0. The Morgan fingerprint density at radius 1 is 0.625 bits per heavy atom. The van der Waals surface area contributed by atoms with Crippen LogP contribution in [-0.2, 0) is 4.57 Å². The van der Waals surface area contributed by atoms with Crippen molar-refractivity contribution in [2.75, 3.05) is 0 Å². The molecule has 26 N–H and O–H groups in total. The molecule has 23 heteroatoms. The molecule has 0 rings (SSSR count). The van der Waals surface area contributed by atoms with Gasteiger partial charge in [0.25, 0.3) is 0 Å². The molecule has 0 saturated heterocycles. The summed E-state index contributed by atoms with van der Waals surface area (Å²) < 4.78 is 8.66. The molecule has 0 aliphatic heterocycles. The van der Waals surface area contributed by atoms with Crippen molar-refractivity contribution < 1.29 is 189 Å². The number of carboxylic acid groups (broad SMARTS) is 2. The smallest absolute Gasteiger partial charge is 0.790 e. The van der Waals surface area contributed by atoms with Crippen LogP contribution in [0.1, 0.15) is 0 Å². The second-order valence-corrected chi connectivity index (χ2v) is 1.67. The van der Waals surface area contributed by atoms with Crippen molar-refractivity contribution in [1.29, 1.82) is 0 Å². The van der Waals surface area contributed by atoms with Crippen LogP contribution in [0.4, 0.5) is 4.79 Å². The van der Waals surface area contributed by atoms with Gasteiger partial charge in [0, 0.05) is 0 Å².